The van der Waals surface area contributed by atoms with E-state index in [1.165, 1.54) is 14.0 Å². The third kappa shape index (κ3) is 5.08. The largest absolute Gasteiger partial charge is 0.458 e. The number of ketones is 2. The van der Waals surface area contributed by atoms with E-state index in [2.05, 4.69) is 6.07 Å². The lowest BCUT2D eigenvalue weighted by molar-refractivity contribution is -0.175. The number of aliphatic hydroxyl groups excluding tert-OH is 1. The van der Waals surface area contributed by atoms with Gasteiger partial charge in [-0.2, -0.15) is 5.26 Å². The van der Waals surface area contributed by atoms with Crippen LogP contribution in [-0.4, -0.2) is 72.1 Å². The van der Waals surface area contributed by atoms with Gasteiger partial charge in [0.05, 0.1) is 36.7 Å². The summed E-state index contributed by atoms with van der Waals surface area (Å²) in [5.41, 5.74) is -0.375. The van der Waals surface area contributed by atoms with Gasteiger partial charge in [0.25, 0.3) is 0 Å². The number of carbonyl (C=O) groups excluding carboxylic acids is 4. The van der Waals surface area contributed by atoms with Gasteiger partial charge in [-0.15, -0.1) is 0 Å². The molecule has 7 atom stereocenters. The van der Waals surface area contributed by atoms with Gasteiger partial charge >= 0.3 is 11.9 Å². The van der Waals surface area contributed by atoms with Crippen molar-refractivity contribution in [1.29, 1.82) is 5.26 Å². The Balaban J connectivity index is 1.70. The number of ether oxygens (including phenoxy) is 3. The topological polar surface area (TPSA) is 143 Å². The highest BCUT2D eigenvalue weighted by molar-refractivity contribution is 6.47. The van der Waals surface area contributed by atoms with E-state index in [0.717, 1.165) is 5.56 Å². The molecule has 228 valence electrons. The summed E-state index contributed by atoms with van der Waals surface area (Å²) in [7, 11) is 1.46. The maximum atomic E-state index is 14.3. The number of Topliss-reactive ketones (excluding diaryl/α,β-unsaturated/α-hetero) is 2. The summed E-state index contributed by atoms with van der Waals surface area (Å²) in [5, 5.41) is 20.3. The van der Waals surface area contributed by atoms with Crippen molar-refractivity contribution in [2.45, 2.75) is 71.3 Å². The second kappa shape index (κ2) is 11.7. The van der Waals surface area contributed by atoms with Gasteiger partial charge in [0, 0.05) is 49.7 Å². The van der Waals surface area contributed by atoms with Crippen molar-refractivity contribution in [3.8, 4) is 6.07 Å². The first-order valence-electron chi connectivity index (χ1n) is 14.7. The minimum Gasteiger partial charge on any atom is -0.458 e. The quantitative estimate of drug-likeness (QED) is 0.273. The molecule has 1 N–H and O–H groups in total. The second-order valence-corrected chi connectivity index (χ2v) is 12.5. The number of nitriles is 1. The fourth-order valence-electron chi connectivity index (χ4n) is 7.89. The van der Waals surface area contributed by atoms with Crippen LogP contribution in [0.1, 0.15) is 52.0 Å². The minimum absolute atomic E-state index is 0.00925. The van der Waals surface area contributed by atoms with Gasteiger partial charge in [0.15, 0.2) is 0 Å². The number of allylic oxidation sites excluding steroid dienone is 1. The van der Waals surface area contributed by atoms with E-state index in [0.29, 0.717) is 25.0 Å². The number of fused-ring (bicyclic) bond motifs is 4. The van der Waals surface area contributed by atoms with Crippen LogP contribution in [0.4, 0.5) is 0 Å². The Bertz CT molecular complexity index is 1430. The summed E-state index contributed by atoms with van der Waals surface area (Å²) in [6.07, 6.45) is 0.310. The molecule has 2 fully saturated rings. The lowest BCUT2D eigenvalue weighted by Crippen LogP contribution is -2.63. The Kier molecular flexibility index (Phi) is 8.34. The summed E-state index contributed by atoms with van der Waals surface area (Å²) < 4.78 is 17.3. The fraction of sp³-hybridized carbons (Fsp3) is 0.545. The fourth-order valence-corrected chi connectivity index (χ4v) is 7.89. The van der Waals surface area contributed by atoms with Crippen LogP contribution in [-0.2, 0) is 39.9 Å². The van der Waals surface area contributed by atoms with Gasteiger partial charge in [-0.1, -0.05) is 44.2 Å². The number of nitrogens with zero attached hydrogens (tertiary/aromatic N) is 2. The van der Waals surface area contributed by atoms with Crippen LogP contribution in [0.3, 0.4) is 0 Å². The number of cyclic esters (lactones) is 1. The van der Waals surface area contributed by atoms with E-state index < -0.39 is 64.5 Å². The van der Waals surface area contributed by atoms with Crippen molar-refractivity contribution >= 4 is 23.5 Å². The summed E-state index contributed by atoms with van der Waals surface area (Å²) in [5.74, 6) is -4.41. The van der Waals surface area contributed by atoms with Crippen LogP contribution in [0, 0.1) is 34.0 Å². The molecule has 0 aromatic heterocycles. The Morgan fingerprint density at radius 1 is 1.21 bits per heavy atom. The molecule has 1 aliphatic heterocycles. The third-order valence-corrected chi connectivity index (χ3v) is 9.93. The number of hydrogen-bond acceptors (Lipinski definition) is 10. The normalized spacial score (nSPS) is 34.2. The van der Waals surface area contributed by atoms with E-state index in [1.54, 1.807) is 18.0 Å². The molecular weight excluding hydrogens is 552 g/mol. The van der Waals surface area contributed by atoms with Crippen LogP contribution >= 0.6 is 0 Å². The zero-order valence-corrected chi connectivity index (χ0v) is 25.0. The monoisotopic (exact) mass is 590 g/mol. The Morgan fingerprint density at radius 3 is 2.58 bits per heavy atom. The molecule has 10 heteroatoms. The molecule has 0 bridgehead atoms. The molecule has 1 saturated heterocycles. The SMILES string of the molecule is COCC1OC(=O)C(=CN(CCC#N)Cc2ccccc2)C2C(=O)C(=O)C3=C(C(OC(C)=O)CC4(C)C(O)CCC34)C12C. The first-order chi connectivity index (χ1) is 20.5. The minimum atomic E-state index is -1.28. The van der Waals surface area contributed by atoms with E-state index in [4.69, 9.17) is 14.2 Å². The van der Waals surface area contributed by atoms with E-state index in [-0.39, 0.29) is 37.1 Å². The first kappa shape index (κ1) is 30.6. The zero-order valence-electron chi connectivity index (χ0n) is 25.0. The van der Waals surface area contributed by atoms with Gasteiger partial charge < -0.3 is 24.2 Å². The summed E-state index contributed by atoms with van der Waals surface area (Å²) >= 11 is 0. The molecule has 4 aliphatic rings. The zero-order chi connectivity index (χ0) is 31.1. The van der Waals surface area contributed by atoms with Gasteiger partial charge in [0.1, 0.15) is 12.2 Å². The molecule has 1 aromatic carbocycles. The van der Waals surface area contributed by atoms with Crippen LogP contribution in [0.15, 0.2) is 53.3 Å². The van der Waals surface area contributed by atoms with E-state index in [1.807, 2.05) is 37.3 Å². The van der Waals surface area contributed by atoms with Gasteiger partial charge in [-0.05, 0) is 36.3 Å². The molecule has 7 unspecified atom stereocenters. The van der Waals surface area contributed by atoms with Crippen molar-refractivity contribution in [2.24, 2.45) is 22.7 Å². The molecule has 43 heavy (non-hydrogen) atoms. The average molecular weight is 591 g/mol. The number of hydrogen-bond donors (Lipinski definition) is 1. The molecule has 1 saturated carbocycles. The maximum absolute atomic E-state index is 14.3. The van der Waals surface area contributed by atoms with Crippen molar-refractivity contribution in [1.82, 2.24) is 4.90 Å². The van der Waals surface area contributed by atoms with Crippen molar-refractivity contribution in [3.63, 3.8) is 0 Å². The third-order valence-electron chi connectivity index (χ3n) is 9.93. The lowest BCUT2D eigenvalue weighted by Gasteiger charge is -2.56. The molecule has 3 aliphatic carbocycles. The molecule has 5 rings (SSSR count). The average Bonchev–Trinajstić information content (AvgIpc) is 3.26. The summed E-state index contributed by atoms with van der Waals surface area (Å²) in [6.45, 7) is 5.51. The van der Waals surface area contributed by atoms with Crippen LogP contribution in [0.2, 0.25) is 0 Å². The van der Waals surface area contributed by atoms with Crippen molar-refractivity contribution in [2.75, 3.05) is 20.3 Å². The number of aliphatic hydroxyl groups is 1. The Hall–Kier alpha value is -3.81. The predicted octanol–water partition coefficient (Wildman–Crippen LogP) is 3.04. The molecule has 0 radical (unpaired) electrons. The predicted molar refractivity (Wildman–Crippen MR) is 153 cm³/mol. The van der Waals surface area contributed by atoms with Crippen LogP contribution in [0.25, 0.3) is 0 Å². The molecule has 0 spiro atoms. The number of carbonyl (C=O) groups is 4. The molecule has 0 amide bonds. The number of rotatable bonds is 8. The smallest absolute Gasteiger partial charge is 0.336 e. The maximum Gasteiger partial charge on any atom is 0.336 e. The van der Waals surface area contributed by atoms with Crippen LogP contribution in [0.5, 0.6) is 0 Å². The number of esters is 2. The molecular formula is C33H38N2O8. The Morgan fingerprint density at radius 2 is 1.93 bits per heavy atom. The highest BCUT2D eigenvalue weighted by Gasteiger charge is 2.67. The number of benzene rings is 1. The summed E-state index contributed by atoms with van der Waals surface area (Å²) in [6, 6.07) is 11.6. The van der Waals surface area contributed by atoms with Crippen molar-refractivity contribution < 1.29 is 38.5 Å². The summed E-state index contributed by atoms with van der Waals surface area (Å²) in [4.78, 5) is 56.3. The van der Waals surface area contributed by atoms with Crippen molar-refractivity contribution in [3.05, 3.63) is 58.8 Å². The first-order valence-corrected chi connectivity index (χ1v) is 14.7. The molecule has 10 nitrogen and oxygen atoms in total. The standard InChI is InChI=1S/C33H38N2O8/c1-19(36)42-23-15-32(2)22(11-12-24(32)37)26-28(23)33(3)25(18-41-4)43-31(40)21(27(33)30(39)29(26)38)17-35(14-8-13-34)16-20-9-6-5-7-10-20/h5-7,9-10,17,22-25,27,37H,8,11-12,14-16,18H2,1-4H3. The van der Waals surface area contributed by atoms with Gasteiger partial charge in [0.2, 0.25) is 11.6 Å². The molecule has 1 aromatic rings. The highest BCUT2D eigenvalue weighted by Crippen LogP contribution is 2.63. The van der Waals surface area contributed by atoms with Gasteiger partial charge in [-0.25, -0.2) is 4.79 Å². The Labute approximate surface area is 251 Å². The second-order valence-electron chi connectivity index (χ2n) is 12.5. The van der Waals surface area contributed by atoms with Gasteiger partial charge in [-0.3, -0.25) is 14.4 Å². The number of methoxy groups -OCH3 is 1. The lowest BCUT2D eigenvalue weighted by atomic mass is 9.50. The van der Waals surface area contributed by atoms with E-state index >= 15 is 0 Å². The van der Waals surface area contributed by atoms with E-state index in [9.17, 15) is 29.5 Å². The van der Waals surface area contributed by atoms with Crippen LogP contribution < -0.4 is 0 Å². The molecule has 1 heterocycles. The highest BCUT2D eigenvalue weighted by atomic mass is 16.6.